The van der Waals surface area contributed by atoms with Crippen molar-refractivity contribution in [3.05, 3.63) is 28.2 Å². The number of carbonyl (C=O) groups excluding carboxylic acids is 3. The maximum Gasteiger partial charge on any atom is 0.458 e. The van der Waals surface area contributed by atoms with Gasteiger partial charge in [-0.05, 0) is 18.2 Å². The van der Waals surface area contributed by atoms with Crippen molar-refractivity contribution in [1.82, 2.24) is 0 Å². The van der Waals surface area contributed by atoms with E-state index in [4.69, 9.17) is 23.2 Å². The lowest BCUT2D eigenvalue weighted by Gasteiger charge is -2.09. The molecule has 0 heterocycles. The van der Waals surface area contributed by atoms with Gasteiger partial charge in [0.05, 0.1) is 10.7 Å². The van der Waals surface area contributed by atoms with Crippen LogP contribution in [0.25, 0.3) is 0 Å². The Labute approximate surface area is 153 Å². The van der Waals surface area contributed by atoms with Gasteiger partial charge in [-0.1, -0.05) is 37.0 Å². The predicted octanol–water partition coefficient (Wildman–Crippen LogP) is 4.84. The maximum absolute atomic E-state index is 11.4. The summed E-state index contributed by atoms with van der Waals surface area (Å²) in [5.41, 5.74) is 0.554. The van der Waals surface area contributed by atoms with Crippen LogP contribution >= 0.6 is 23.2 Å². The summed E-state index contributed by atoms with van der Waals surface area (Å²) < 4.78 is 67.0. The van der Waals surface area contributed by atoms with Crippen molar-refractivity contribution in [2.24, 2.45) is 5.92 Å². The van der Waals surface area contributed by atoms with Crippen molar-refractivity contribution in [2.45, 2.75) is 26.2 Å². The molecule has 0 saturated heterocycles. The fourth-order valence-electron chi connectivity index (χ4n) is 1.13. The Kier molecular flexibility index (Phi) is 8.58. The van der Waals surface area contributed by atoms with E-state index in [-0.39, 0.29) is 11.8 Å². The first kappa shape index (κ1) is 24.2. The second-order valence-corrected chi connectivity index (χ2v) is 5.77. The minimum atomic E-state index is -5.77. The largest absolute Gasteiger partial charge is 0.458 e. The SMILES string of the molecule is CC(C)C(=O)Nc1cc(Cl)ccc1Cl.O=C(C(=O)C(F)(F)F)C(F)(F)F. The van der Waals surface area contributed by atoms with Gasteiger partial charge < -0.3 is 5.32 Å². The monoisotopic (exact) mass is 425 g/mol. The molecule has 1 rings (SSSR count). The molecule has 0 atom stereocenters. The zero-order valence-electron chi connectivity index (χ0n) is 13.1. The van der Waals surface area contributed by atoms with E-state index in [2.05, 4.69) is 5.32 Å². The normalized spacial score (nSPS) is 11.5. The number of amides is 1. The molecule has 1 aromatic carbocycles. The van der Waals surface area contributed by atoms with Crippen molar-refractivity contribution in [1.29, 1.82) is 0 Å². The van der Waals surface area contributed by atoms with Gasteiger partial charge >= 0.3 is 23.9 Å². The summed E-state index contributed by atoms with van der Waals surface area (Å²) in [6.07, 6.45) is -11.5. The number of anilines is 1. The van der Waals surface area contributed by atoms with Gasteiger partial charge in [0.2, 0.25) is 5.91 Å². The molecule has 0 radical (unpaired) electrons. The number of ketones is 2. The van der Waals surface area contributed by atoms with Crippen LogP contribution < -0.4 is 5.32 Å². The Morgan fingerprint density at radius 1 is 0.923 bits per heavy atom. The highest BCUT2D eigenvalue weighted by molar-refractivity contribution is 6.41. The number of alkyl halides is 6. The standard InChI is InChI=1S/C10H11Cl2NO.C4F6O2/c1-6(2)10(14)13-9-5-7(11)3-4-8(9)12;5-3(6,7)1(11)2(12)4(8,9)10/h3-6H,1-2H3,(H,13,14);. The predicted molar refractivity (Wildman–Crippen MR) is 82.1 cm³/mol. The molecule has 1 amide bonds. The maximum atomic E-state index is 11.4. The lowest BCUT2D eigenvalue weighted by Crippen LogP contribution is -2.39. The summed E-state index contributed by atoms with van der Waals surface area (Å²) in [5, 5.41) is 3.73. The van der Waals surface area contributed by atoms with Crippen LogP contribution in [0.3, 0.4) is 0 Å². The van der Waals surface area contributed by atoms with Crippen LogP contribution in [-0.2, 0) is 14.4 Å². The third-order valence-corrected chi connectivity index (χ3v) is 3.00. The fourth-order valence-corrected chi connectivity index (χ4v) is 1.46. The molecular formula is C14H11Cl2F6NO3. The fraction of sp³-hybridized carbons (Fsp3) is 0.357. The number of Topliss-reactive ketones (excluding diaryl/α,β-unsaturated/α-hetero) is 2. The molecule has 0 spiro atoms. The van der Waals surface area contributed by atoms with Gasteiger partial charge in [-0.15, -0.1) is 0 Å². The zero-order chi connectivity index (χ0) is 20.9. The van der Waals surface area contributed by atoms with Crippen LogP contribution in [0.1, 0.15) is 13.8 Å². The molecule has 1 aromatic rings. The molecule has 0 unspecified atom stereocenters. The molecule has 0 aromatic heterocycles. The van der Waals surface area contributed by atoms with Gasteiger partial charge in [0.15, 0.2) is 0 Å². The molecule has 26 heavy (non-hydrogen) atoms. The van der Waals surface area contributed by atoms with Gasteiger partial charge in [0.1, 0.15) is 0 Å². The Bertz CT molecular complexity index is 662. The Morgan fingerprint density at radius 2 is 1.35 bits per heavy atom. The summed E-state index contributed by atoms with van der Waals surface area (Å²) in [4.78, 5) is 30.6. The molecule has 0 fully saturated rings. The van der Waals surface area contributed by atoms with Crippen LogP contribution in [0.4, 0.5) is 32.0 Å². The first-order valence-corrected chi connectivity index (χ1v) is 7.31. The average Bonchev–Trinajstić information content (AvgIpc) is 2.48. The van der Waals surface area contributed by atoms with E-state index in [1.165, 1.54) is 0 Å². The first-order chi connectivity index (χ1) is 11.6. The molecule has 0 aliphatic carbocycles. The quantitative estimate of drug-likeness (QED) is 0.556. The van der Waals surface area contributed by atoms with Crippen molar-refractivity contribution < 1.29 is 40.7 Å². The van der Waals surface area contributed by atoms with Crippen molar-refractivity contribution >= 4 is 46.4 Å². The van der Waals surface area contributed by atoms with E-state index in [1.54, 1.807) is 18.2 Å². The van der Waals surface area contributed by atoms with Crippen LogP contribution in [0.15, 0.2) is 18.2 Å². The van der Waals surface area contributed by atoms with Crippen LogP contribution in [-0.4, -0.2) is 29.8 Å². The van der Waals surface area contributed by atoms with Crippen molar-refractivity contribution in [2.75, 3.05) is 5.32 Å². The highest BCUT2D eigenvalue weighted by atomic mass is 35.5. The minimum absolute atomic E-state index is 0.0748. The van der Waals surface area contributed by atoms with Gasteiger partial charge in [-0.2, -0.15) is 26.3 Å². The smallest absolute Gasteiger partial charge is 0.325 e. The summed E-state index contributed by atoms with van der Waals surface area (Å²) in [6.45, 7) is 3.63. The molecule has 4 nitrogen and oxygen atoms in total. The van der Waals surface area contributed by atoms with Gasteiger partial charge in [-0.25, -0.2) is 0 Å². The molecule has 0 aliphatic heterocycles. The Morgan fingerprint density at radius 3 is 1.69 bits per heavy atom. The number of rotatable bonds is 3. The molecule has 146 valence electrons. The number of halogens is 8. The summed E-state index contributed by atoms with van der Waals surface area (Å²) in [5.74, 6) is -6.97. The van der Waals surface area contributed by atoms with Crippen molar-refractivity contribution in [3.8, 4) is 0 Å². The van der Waals surface area contributed by atoms with Crippen LogP contribution in [0, 0.1) is 5.92 Å². The van der Waals surface area contributed by atoms with E-state index < -0.39 is 23.9 Å². The van der Waals surface area contributed by atoms with Crippen LogP contribution in [0.5, 0.6) is 0 Å². The second-order valence-electron chi connectivity index (χ2n) is 4.92. The minimum Gasteiger partial charge on any atom is -0.325 e. The van der Waals surface area contributed by atoms with Gasteiger partial charge in [0, 0.05) is 10.9 Å². The molecule has 0 aliphatic rings. The molecule has 1 N–H and O–H groups in total. The van der Waals surface area contributed by atoms with E-state index in [0.717, 1.165) is 0 Å². The number of benzene rings is 1. The second kappa shape index (κ2) is 9.22. The van der Waals surface area contributed by atoms with Crippen LogP contribution in [0.2, 0.25) is 10.0 Å². The Balaban J connectivity index is 0.000000488. The lowest BCUT2D eigenvalue weighted by atomic mass is 10.2. The number of carbonyl (C=O) groups is 3. The lowest BCUT2D eigenvalue weighted by molar-refractivity contribution is -0.193. The number of nitrogens with one attached hydrogen (secondary N) is 1. The molecule has 0 bridgehead atoms. The molecule has 0 saturated carbocycles. The average molecular weight is 426 g/mol. The zero-order valence-corrected chi connectivity index (χ0v) is 14.6. The van der Waals surface area contributed by atoms with E-state index >= 15 is 0 Å². The highest BCUT2D eigenvalue weighted by Crippen LogP contribution is 2.26. The van der Waals surface area contributed by atoms with Crippen molar-refractivity contribution in [3.63, 3.8) is 0 Å². The first-order valence-electron chi connectivity index (χ1n) is 6.56. The summed E-state index contributed by atoms with van der Waals surface area (Å²) in [7, 11) is 0. The number of hydrogen-bond acceptors (Lipinski definition) is 3. The molecule has 12 heteroatoms. The highest BCUT2D eigenvalue weighted by Gasteiger charge is 2.54. The van der Waals surface area contributed by atoms with E-state index in [9.17, 15) is 40.7 Å². The van der Waals surface area contributed by atoms with Gasteiger partial charge in [-0.3, -0.25) is 14.4 Å². The third kappa shape index (κ3) is 8.05. The van der Waals surface area contributed by atoms with E-state index in [0.29, 0.717) is 15.7 Å². The topological polar surface area (TPSA) is 63.2 Å². The summed E-state index contributed by atoms with van der Waals surface area (Å²) in [6, 6.07) is 4.96. The summed E-state index contributed by atoms with van der Waals surface area (Å²) >= 11 is 11.6. The molecular weight excluding hydrogens is 415 g/mol. The van der Waals surface area contributed by atoms with Gasteiger partial charge in [0.25, 0.3) is 0 Å². The Hall–Kier alpha value is -1.81. The third-order valence-electron chi connectivity index (χ3n) is 2.43. The van der Waals surface area contributed by atoms with E-state index in [1.807, 2.05) is 13.8 Å². The number of hydrogen-bond donors (Lipinski definition) is 1.